The van der Waals surface area contributed by atoms with Crippen molar-refractivity contribution < 1.29 is 0 Å². The van der Waals surface area contributed by atoms with Gasteiger partial charge in [-0.05, 0) is 42.2 Å². The monoisotopic (exact) mass is 351 g/mol. The van der Waals surface area contributed by atoms with Gasteiger partial charge in [0.05, 0.1) is 17.7 Å². The molecule has 0 radical (unpaired) electrons. The molecule has 1 aliphatic heterocycles. The van der Waals surface area contributed by atoms with Crippen molar-refractivity contribution in [2.24, 2.45) is 0 Å². The highest BCUT2D eigenvalue weighted by atomic mass is 35.5. The summed E-state index contributed by atoms with van der Waals surface area (Å²) in [5.74, 6) is 0.727. The zero-order valence-corrected chi connectivity index (χ0v) is 14.8. The van der Waals surface area contributed by atoms with Gasteiger partial charge in [-0.3, -0.25) is 4.90 Å². The number of nitrogens with zero attached hydrogens (tertiary/aromatic N) is 4. The van der Waals surface area contributed by atoms with Crippen LogP contribution in [0.1, 0.15) is 27.8 Å². The molecule has 0 fully saturated rings. The average molecular weight is 352 g/mol. The first kappa shape index (κ1) is 17.2. The van der Waals surface area contributed by atoms with Gasteiger partial charge >= 0.3 is 0 Å². The van der Waals surface area contributed by atoms with Crippen LogP contribution in [0.2, 0.25) is 5.15 Å². The van der Waals surface area contributed by atoms with Crippen LogP contribution >= 0.6 is 11.6 Å². The zero-order valence-electron chi connectivity index (χ0n) is 14.0. The highest BCUT2D eigenvalue weighted by Crippen LogP contribution is 2.31. The number of hydrogen-bond donors (Lipinski definition) is 1. The predicted molar refractivity (Wildman–Crippen MR) is 97.1 cm³/mol. The van der Waals surface area contributed by atoms with Gasteiger partial charge in [-0.25, -0.2) is 4.98 Å². The lowest BCUT2D eigenvalue weighted by Gasteiger charge is -2.31. The van der Waals surface area contributed by atoms with Crippen molar-refractivity contribution in [3.05, 3.63) is 57.2 Å². The van der Waals surface area contributed by atoms with Crippen LogP contribution in [-0.2, 0) is 19.5 Å². The molecule has 3 rings (SSSR count). The second kappa shape index (κ2) is 7.53. The number of nitrogens with one attached hydrogen (secondary N) is 1. The third kappa shape index (κ3) is 3.74. The summed E-state index contributed by atoms with van der Waals surface area (Å²) < 4.78 is 0. The highest BCUT2D eigenvalue weighted by Gasteiger charge is 2.23. The van der Waals surface area contributed by atoms with Crippen LogP contribution in [0, 0.1) is 29.6 Å². The SMILES string of the molecule is Cc1c(Cl)nc(NCC#N)c2c1CN(Cc1ccc(C#N)cc1)CC2. The molecule has 0 saturated heterocycles. The molecule has 25 heavy (non-hydrogen) atoms. The molecule has 0 spiro atoms. The number of halogens is 1. The van der Waals surface area contributed by atoms with Crippen LogP contribution in [0.25, 0.3) is 0 Å². The maximum Gasteiger partial charge on any atom is 0.134 e. The minimum atomic E-state index is 0.216. The Balaban J connectivity index is 1.81. The Hall–Kier alpha value is -2.60. The summed E-state index contributed by atoms with van der Waals surface area (Å²) in [5, 5.41) is 21.2. The van der Waals surface area contributed by atoms with Crippen LogP contribution in [0.15, 0.2) is 24.3 Å². The van der Waals surface area contributed by atoms with Crippen molar-refractivity contribution in [1.82, 2.24) is 9.88 Å². The van der Waals surface area contributed by atoms with E-state index in [-0.39, 0.29) is 6.54 Å². The van der Waals surface area contributed by atoms with Crippen molar-refractivity contribution in [3.8, 4) is 12.1 Å². The molecule has 1 aromatic carbocycles. The Kier molecular flexibility index (Phi) is 5.19. The third-order valence-corrected chi connectivity index (χ3v) is 4.87. The maximum absolute atomic E-state index is 8.90. The van der Waals surface area contributed by atoms with E-state index in [4.69, 9.17) is 22.1 Å². The number of rotatable bonds is 4. The van der Waals surface area contributed by atoms with Gasteiger partial charge in [0.15, 0.2) is 0 Å². The number of hydrogen-bond acceptors (Lipinski definition) is 5. The summed E-state index contributed by atoms with van der Waals surface area (Å²) >= 11 is 6.29. The minimum absolute atomic E-state index is 0.216. The fourth-order valence-corrected chi connectivity index (χ4v) is 3.35. The molecule has 0 atom stereocenters. The van der Waals surface area contributed by atoms with E-state index in [1.807, 2.05) is 31.2 Å². The van der Waals surface area contributed by atoms with Crippen molar-refractivity contribution in [1.29, 1.82) is 10.5 Å². The number of pyridine rings is 1. The molecule has 5 nitrogen and oxygen atoms in total. The summed E-state index contributed by atoms with van der Waals surface area (Å²) in [6.45, 7) is 4.74. The van der Waals surface area contributed by atoms with Crippen LogP contribution in [-0.4, -0.2) is 23.0 Å². The molecule has 0 bridgehead atoms. The Bertz CT molecular complexity index is 861. The van der Waals surface area contributed by atoms with Crippen molar-refractivity contribution in [2.75, 3.05) is 18.4 Å². The Labute approximate surface area is 152 Å². The number of nitriles is 2. The van der Waals surface area contributed by atoms with E-state index in [0.29, 0.717) is 10.7 Å². The standard InChI is InChI=1S/C19H18ClN5/c1-13-17-12-25(11-15-4-2-14(10-22)3-5-15)9-6-16(17)19(23-8-7-21)24-18(13)20/h2-5H,6,8-9,11-12H2,1H3,(H,23,24). The van der Waals surface area contributed by atoms with Crippen molar-refractivity contribution in [2.45, 2.75) is 26.4 Å². The fraction of sp³-hybridized carbons (Fsp3) is 0.316. The molecule has 1 aliphatic rings. The fourth-order valence-electron chi connectivity index (χ4n) is 3.15. The molecule has 1 N–H and O–H groups in total. The first-order valence-corrected chi connectivity index (χ1v) is 8.50. The summed E-state index contributed by atoms with van der Waals surface area (Å²) in [5.41, 5.74) is 5.22. The van der Waals surface area contributed by atoms with Crippen LogP contribution in [0.4, 0.5) is 5.82 Å². The maximum atomic E-state index is 8.90. The molecular formula is C19H18ClN5. The first-order valence-electron chi connectivity index (χ1n) is 8.12. The number of anilines is 1. The van der Waals surface area contributed by atoms with Crippen LogP contribution < -0.4 is 5.32 Å². The van der Waals surface area contributed by atoms with Gasteiger partial charge < -0.3 is 5.32 Å². The van der Waals surface area contributed by atoms with Gasteiger partial charge in [0.1, 0.15) is 17.5 Å². The van der Waals surface area contributed by atoms with Crippen molar-refractivity contribution in [3.63, 3.8) is 0 Å². The van der Waals surface area contributed by atoms with E-state index in [0.717, 1.165) is 43.0 Å². The van der Waals surface area contributed by atoms with E-state index in [2.05, 4.69) is 27.3 Å². The van der Waals surface area contributed by atoms with E-state index in [1.54, 1.807) is 0 Å². The largest absolute Gasteiger partial charge is 0.357 e. The summed E-state index contributed by atoms with van der Waals surface area (Å²) in [4.78, 5) is 6.77. The molecule has 1 aromatic heterocycles. The van der Waals surface area contributed by atoms with Crippen LogP contribution in [0.5, 0.6) is 0 Å². The Morgan fingerprint density at radius 1 is 1.24 bits per heavy atom. The second-order valence-corrected chi connectivity index (χ2v) is 6.47. The average Bonchev–Trinajstić information content (AvgIpc) is 2.64. The predicted octanol–water partition coefficient (Wildman–Crippen LogP) is 3.41. The lowest BCUT2D eigenvalue weighted by Crippen LogP contribution is -2.31. The van der Waals surface area contributed by atoms with Gasteiger partial charge in [0.2, 0.25) is 0 Å². The lowest BCUT2D eigenvalue weighted by atomic mass is 9.96. The summed E-state index contributed by atoms with van der Waals surface area (Å²) in [6.07, 6.45) is 0.865. The van der Waals surface area contributed by atoms with Crippen LogP contribution in [0.3, 0.4) is 0 Å². The Morgan fingerprint density at radius 2 is 2.00 bits per heavy atom. The Morgan fingerprint density at radius 3 is 2.68 bits per heavy atom. The van der Waals surface area contributed by atoms with Crippen molar-refractivity contribution >= 4 is 17.4 Å². The minimum Gasteiger partial charge on any atom is -0.357 e. The molecule has 0 amide bonds. The van der Waals surface area contributed by atoms with Gasteiger partial charge in [-0.1, -0.05) is 23.7 Å². The molecular weight excluding hydrogens is 334 g/mol. The van der Waals surface area contributed by atoms with Gasteiger partial charge in [0, 0.05) is 25.2 Å². The molecule has 0 unspecified atom stereocenters. The van der Waals surface area contributed by atoms with E-state index >= 15 is 0 Å². The summed E-state index contributed by atoms with van der Waals surface area (Å²) in [6, 6.07) is 11.9. The van der Waals surface area contributed by atoms with Gasteiger partial charge in [-0.15, -0.1) is 0 Å². The lowest BCUT2D eigenvalue weighted by molar-refractivity contribution is 0.245. The number of fused-ring (bicyclic) bond motifs is 1. The number of benzene rings is 1. The molecule has 126 valence electrons. The topological polar surface area (TPSA) is 75.7 Å². The number of aromatic nitrogens is 1. The third-order valence-electron chi connectivity index (χ3n) is 4.51. The molecule has 2 heterocycles. The van der Waals surface area contributed by atoms with Gasteiger partial charge in [0.25, 0.3) is 0 Å². The molecule has 2 aromatic rings. The zero-order chi connectivity index (χ0) is 17.8. The quantitative estimate of drug-likeness (QED) is 0.674. The summed E-state index contributed by atoms with van der Waals surface area (Å²) in [7, 11) is 0. The normalized spacial score (nSPS) is 13.6. The molecule has 0 aliphatic carbocycles. The molecule has 6 heteroatoms. The van der Waals surface area contributed by atoms with E-state index in [9.17, 15) is 0 Å². The van der Waals surface area contributed by atoms with Gasteiger partial charge in [-0.2, -0.15) is 10.5 Å². The second-order valence-electron chi connectivity index (χ2n) is 6.11. The van der Waals surface area contributed by atoms with E-state index < -0.39 is 0 Å². The molecule has 0 saturated carbocycles. The van der Waals surface area contributed by atoms with E-state index in [1.165, 1.54) is 11.1 Å². The smallest absolute Gasteiger partial charge is 0.134 e. The first-order chi connectivity index (χ1) is 12.1. The highest BCUT2D eigenvalue weighted by molar-refractivity contribution is 6.30.